The van der Waals surface area contributed by atoms with E-state index in [1.807, 2.05) is 24.3 Å². The van der Waals surface area contributed by atoms with Crippen molar-refractivity contribution in [2.45, 2.75) is 26.7 Å². The van der Waals surface area contributed by atoms with Gasteiger partial charge in [-0.25, -0.2) is 0 Å². The number of phenols is 2. The fraction of sp³-hybridized carbons (Fsp3) is 0.273. The number of hydrogen-bond acceptors (Lipinski definition) is 4. The molecule has 2 aromatic carbocycles. The van der Waals surface area contributed by atoms with E-state index in [-0.39, 0.29) is 11.5 Å². The van der Waals surface area contributed by atoms with Crippen LogP contribution in [0.2, 0.25) is 0 Å². The molecule has 4 N–H and O–H groups in total. The van der Waals surface area contributed by atoms with Gasteiger partial charge in [0.1, 0.15) is 11.5 Å². The van der Waals surface area contributed by atoms with E-state index in [1.54, 1.807) is 36.4 Å². The molecule has 0 amide bonds. The van der Waals surface area contributed by atoms with Crippen LogP contribution in [0.25, 0.3) is 11.1 Å². The number of phenolic OH excluding ortho intramolecular Hbond substituents is 2. The van der Waals surface area contributed by atoms with Gasteiger partial charge in [-0.1, -0.05) is 56.3 Å². The first-order valence-corrected chi connectivity index (χ1v) is 8.29. The van der Waals surface area contributed by atoms with E-state index in [0.717, 1.165) is 38.2 Å². The number of aromatic hydroxyl groups is 2. The molecule has 4 nitrogen and oxygen atoms in total. The summed E-state index contributed by atoms with van der Waals surface area (Å²) in [4.78, 5) is 0. The second-order valence-electron chi connectivity index (χ2n) is 4.46. The number of rotatable bonds is 3. The van der Waals surface area contributed by atoms with Crippen LogP contribution in [-0.4, -0.2) is 34.6 Å². The van der Waals surface area contributed by atoms with Crippen molar-refractivity contribution in [2.24, 2.45) is 0 Å². The normalized spacial score (nSPS) is 7.77. The Morgan fingerprint density at radius 3 is 1.46 bits per heavy atom. The zero-order valence-corrected chi connectivity index (χ0v) is 16.4. The zero-order valence-electron chi connectivity index (χ0n) is 16.4. The van der Waals surface area contributed by atoms with Crippen LogP contribution in [0.5, 0.6) is 11.5 Å². The Morgan fingerprint density at radius 1 is 0.731 bits per heavy atom. The molecule has 146 valence electrons. The third-order valence-electron chi connectivity index (χ3n) is 2.66. The highest BCUT2D eigenvalue weighted by atomic mass is 16.3. The van der Waals surface area contributed by atoms with Crippen LogP contribution in [0, 0.1) is 0 Å². The lowest BCUT2D eigenvalue weighted by Gasteiger charge is -2.03. The number of hydrogen-bond donors (Lipinski definition) is 4. The average Bonchev–Trinajstić information content (AvgIpc) is 2.72. The molecule has 0 spiro atoms. The monoisotopic (exact) mass is 362 g/mol. The van der Waals surface area contributed by atoms with E-state index >= 15 is 0 Å². The Kier molecular flexibility index (Phi) is 24.4. The maximum Gasteiger partial charge on any atom is 0.123 e. The molecule has 4 heteroatoms. The smallest absolute Gasteiger partial charge is 0.123 e. The third kappa shape index (κ3) is 15.0. The van der Waals surface area contributed by atoms with Crippen molar-refractivity contribution >= 4 is 0 Å². The van der Waals surface area contributed by atoms with Crippen LogP contribution in [0.3, 0.4) is 0 Å². The van der Waals surface area contributed by atoms with Crippen LogP contribution in [0.4, 0.5) is 0 Å². The summed E-state index contributed by atoms with van der Waals surface area (Å²) in [6, 6.07) is 13.9. The van der Waals surface area contributed by atoms with E-state index in [9.17, 15) is 5.11 Å². The first-order valence-electron chi connectivity index (χ1n) is 8.29. The van der Waals surface area contributed by atoms with E-state index in [4.69, 9.17) is 15.3 Å². The molecule has 0 aliphatic rings. The van der Waals surface area contributed by atoms with Crippen molar-refractivity contribution in [2.75, 3.05) is 14.2 Å². The van der Waals surface area contributed by atoms with Crippen molar-refractivity contribution in [3.05, 3.63) is 73.8 Å². The molecular formula is C22H34O4. The largest absolute Gasteiger partial charge is 0.508 e. The maximum absolute atomic E-state index is 9.57. The first kappa shape index (κ1) is 28.3. The van der Waals surface area contributed by atoms with Gasteiger partial charge < -0.3 is 20.4 Å². The molecule has 0 atom stereocenters. The van der Waals surface area contributed by atoms with E-state index < -0.39 is 0 Å². The standard InChI is InChI=1S/C12H10O2.2C4H8.2CH4O/c13-10-7-5-9(6-8-10)11-3-1-2-4-12(11)14;2*1-3-4-2;2*1-2/h1-8,13-14H;2*3H,1,4H2,2H3;2*2H,1H3. The molecule has 2 aromatic rings. The van der Waals surface area contributed by atoms with Crippen LogP contribution in [0.15, 0.2) is 73.8 Å². The summed E-state index contributed by atoms with van der Waals surface area (Å²) in [5.41, 5.74) is 1.66. The molecule has 0 bridgehead atoms. The van der Waals surface area contributed by atoms with Crippen molar-refractivity contribution < 1.29 is 20.4 Å². The minimum Gasteiger partial charge on any atom is -0.508 e. The molecule has 0 aliphatic carbocycles. The topological polar surface area (TPSA) is 80.9 Å². The molecular weight excluding hydrogens is 328 g/mol. The Hall–Kier alpha value is -2.56. The lowest BCUT2D eigenvalue weighted by atomic mass is 10.0. The highest BCUT2D eigenvalue weighted by molar-refractivity contribution is 5.70. The van der Waals surface area contributed by atoms with Crippen molar-refractivity contribution in [1.29, 1.82) is 0 Å². The van der Waals surface area contributed by atoms with Crippen LogP contribution >= 0.6 is 0 Å². The van der Waals surface area contributed by atoms with Crippen LogP contribution in [-0.2, 0) is 0 Å². The fourth-order valence-electron chi connectivity index (χ4n) is 1.36. The molecule has 0 aliphatic heterocycles. The molecule has 0 unspecified atom stereocenters. The molecule has 0 aromatic heterocycles. The lowest BCUT2D eigenvalue weighted by molar-refractivity contribution is 0.399. The van der Waals surface area contributed by atoms with E-state index in [2.05, 4.69) is 27.0 Å². The minimum atomic E-state index is 0.226. The Balaban J connectivity index is -0.000000369. The predicted molar refractivity (Wildman–Crippen MR) is 112 cm³/mol. The van der Waals surface area contributed by atoms with Crippen molar-refractivity contribution in [3.8, 4) is 22.6 Å². The highest BCUT2D eigenvalue weighted by Gasteiger charge is 2.01. The number of benzene rings is 2. The molecule has 0 heterocycles. The Bertz CT molecular complexity index is 540. The van der Waals surface area contributed by atoms with E-state index in [1.165, 1.54) is 0 Å². The van der Waals surface area contributed by atoms with Gasteiger partial charge in [0.15, 0.2) is 0 Å². The Labute approximate surface area is 158 Å². The zero-order chi connectivity index (χ0) is 20.8. The summed E-state index contributed by atoms with van der Waals surface area (Å²) in [7, 11) is 2.00. The van der Waals surface area contributed by atoms with Gasteiger partial charge in [-0.15, -0.1) is 13.2 Å². The van der Waals surface area contributed by atoms with Gasteiger partial charge in [-0.05, 0) is 36.6 Å². The first-order chi connectivity index (χ1) is 12.6. The summed E-state index contributed by atoms with van der Waals surface area (Å²) in [5.74, 6) is 0.474. The second kappa shape index (κ2) is 22.4. The SMILES string of the molecule is C=CCC.C=CCC.CO.CO.Oc1ccc(-c2ccccc2O)cc1. The number of aliphatic hydroxyl groups excluding tert-OH is 2. The molecule has 2 rings (SSSR count). The lowest BCUT2D eigenvalue weighted by Crippen LogP contribution is -1.77. The number of para-hydroxylation sites is 1. The van der Waals surface area contributed by atoms with Crippen LogP contribution < -0.4 is 0 Å². The summed E-state index contributed by atoms with van der Waals surface area (Å²) >= 11 is 0. The van der Waals surface area contributed by atoms with Gasteiger partial charge in [0.25, 0.3) is 0 Å². The third-order valence-corrected chi connectivity index (χ3v) is 2.66. The van der Waals surface area contributed by atoms with Crippen LogP contribution in [0.1, 0.15) is 26.7 Å². The van der Waals surface area contributed by atoms with Gasteiger partial charge in [0, 0.05) is 19.8 Å². The summed E-state index contributed by atoms with van der Waals surface area (Å²) in [6.45, 7) is 11.1. The summed E-state index contributed by atoms with van der Waals surface area (Å²) in [5, 5.41) is 32.7. The molecule has 26 heavy (non-hydrogen) atoms. The minimum absolute atomic E-state index is 0.226. The van der Waals surface area contributed by atoms with Gasteiger partial charge in [-0.3, -0.25) is 0 Å². The predicted octanol–water partition coefficient (Wildman–Crippen LogP) is 5.15. The van der Waals surface area contributed by atoms with Gasteiger partial charge in [0.2, 0.25) is 0 Å². The number of allylic oxidation sites excluding steroid dienone is 2. The average molecular weight is 363 g/mol. The molecule has 0 saturated heterocycles. The quantitative estimate of drug-likeness (QED) is 0.569. The highest BCUT2D eigenvalue weighted by Crippen LogP contribution is 2.29. The molecule has 0 radical (unpaired) electrons. The Morgan fingerprint density at radius 2 is 1.12 bits per heavy atom. The summed E-state index contributed by atoms with van der Waals surface area (Å²) in [6.07, 6.45) is 5.92. The maximum atomic E-state index is 9.57. The second-order valence-corrected chi connectivity index (χ2v) is 4.46. The van der Waals surface area contributed by atoms with Gasteiger partial charge >= 0.3 is 0 Å². The van der Waals surface area contributed by atoms with Crippen molar-refractivity contribution in [3.63, 3.8) is 0 Å². The summed E-state index contributed by atoms with van der Waals surface area (Å²) < 4.78 is 0. The number of aliphatic hydroxyl groups is 2. The van der Waals surface area contributed by atoms with Crippen molar-refractivity contribution in [1.82, 2.24) is 0 Å². The van der Waals surface area contributed by atoms with Gasteiger partial charge in [-0.2, -0.15) is 0 Å². The molecule has 0 fully saturated rings. The van der Waals surface area contributed by atoms with E-state index in [0.29, 0.717) is 0 Å². The molecule has 0 saturated carbocycles. The van der Waals surface area contributed by atoms with Gasteiger partial charge in [0.05, 0.1) is 0 Å². The fourth-order valence-corrected chi connectivity index (χ4v) is 1.36.